The van der Waals surface area contributed by atoms with Gasteiger partial charge in [-0.1, -0.05) is 0 Å². The topological polar surface area (TPSA) is 34.0 Å². The van der Waals surface area contributed by atoms with E-state index >= 15 is 0 Å². The van der Waals surface area contributed by atoms with E-state index in [1.807, 2.05) is 19.2 Å². The van der Waals surface area contributed by atoms with Gasteiger partial charge in [-0.05, 0) is 32.6 Å². The van der Waals surface area contributed by atoms with Gasteiger partial charge in [-0.2, -0.15) is 0 Å². The molecule has 0 saturated carbocycles. The van der Waals surface area contributed by atoms with Crippen molar-refractivity contribution >= 4 is 22.8 Å². The summed E-state index contributed by atoms with van der Waals surface area (Å²) in [6, 6.07) is 2.05. The highest BCUT2D eigenvalue weighted by atomic mass is 35.5. The van der Waals surface area contributed by atoms with Crippen molar-refractivity contribution in [3.8, 4) is 0 Å². The smallest absolute Gasteiger partial charge is 0.160 e. The van der Waals surface area contributed by atoms with E-state index in [4.69, 9.17) is 11.6 Å². The molecule has 0 atom stereocenters. The number of halogens is 1. The first kappa shape index (κ1) is 12.3. The van der Waals surface area contributed by atoms with Crippen molar-refractivity contribution in [1.82, 2.24) is 19.4 Å². The molecule has 0 fully saturated rings. The lowest BCUT2D eigenvalue weighted by atomic mass is 10.3. The number of aromatic nitrogens is 3. The first-order valence-electron chi connectivity index (χ1n) is 5.64. The number of hydrogen-bond donors (Lipinski definition) is 0. The number of aryl methyl sites for hydroxylation is 1. The van der Waals surface area contributed by atoms with Crippen LogP contribution in [0.15, 0.2) is 12.3 Å². The molecule has 2 rings (SSSR count). The molecule has 0 radical (unpaired) electrons. The van der Waals surface area contributed by atoms with Crippen LogP contribution in [0, 0.1) is 6.92 Å². The van der Waals surface area contributed by atoms with Crippen LogP contribution in [-0.2, 0) is 12.4 Å². The molecule has 0 aliphatic rings. The minimum absolute atomic E-state index is 0.419. The maximum Gasteiger partial charge on any atom is 0.160 e. The van der Waals surface area contributed by atoms with Crippen molar-refractivity contribution in [2.45, 2.75) is 19.3 Å². The normalized spacial score (nSPS) is 11.6. The molecule has 0 unspecified atom stereocenters. The van der Waals surface area contributed by atoms with Gasteiger partial charge in [0.1, 0.15) is 11.3 Å². The SMILES string of the molecule is Cc1cnc2c(c1)nc(CCl)n2CCN(C)C. The molecule has 5 heteroatoms. The Morgan fingerprint density at radius 3 is 2.82 bits per heavy atom. The molecule has 0 aromatic carbocycles. The predicted molar refractivity (Wildman–Crippen MR) is 70.4 cm³/mol. The van der Waals surface area contributed by atoms with Gasteiger partial charge in [-0.25, -0.2) is 9.97 Å². The van der Waals surface area contributed by atoms with Gasteiger partial charge >= 0.3 is 0 Å². The summed E-state index contributed by atoms with van der Waals surface area (Å²) in [5.74, 6) is 1.31. The van der Waals surface area contributed by atoms with Crippen LogP contribution in [0.4, 0.5) is 0 Å². The van der Waals surface area contributed by atoms with Crippen LogP contribution < -0.4 is 0 Å². The zero-order valence-corrected chi connectivity index (χ0v) is 11.2. The Morgan fingerprint density at radius 2 is 2.18 bits per heavy atom. The molecule has 4 nitrogen and oxygen atoms in total. The minimum atomic E-state index is 0.419. The van der Waals surface area contributed by atoms with E-state index in [2.05, 4.69) is 33.5 Å². The van der Waals surface area contributed by atoms with Gasteiger partial charge in [0.05, 0.1) is 5.88 Å². The van der Waals surface area contributed by atoms with Crippen molar-refractivity contribution in [1.29, 1.82) is 0 Å². The van der Waals surface area contributed by atoms with Gasteiger partial charge in [0.15, 0.2) is 5.65 Å². The van der Waals surface area contributed by atoms with Crippen LogP contribution in [0.25, 0.3) is 11.2 Å². The van der Waals surface area contributed by atoms with Crippen molar-refractivity contribution in [3.63, 3.8) is 0 Å². The van der Waals surface area contributed by atoms with Crippen LogP contribution in [0.2, 0.25) is 0 Å². The molecule has 0 amide bonds. The van der Waals surface area contributed by atoms with Crippen LogP contribution in [0.1, 0.15) is 11.4 Å². The van der Waals surface area contributed by atoms with E-state index in [0.717, 1.165) is 35.6 Å². The monoisotopic (exact) mass is 252 g/mol. The Labute approximate surface area is 106 Å². The van der Waals surface area contributed by atoms with Gasteiger partial charge in [0.25, 0.3) is 0 Å². The zero-order valence-electron chi connectivity index (χ0n) is 10.4. The molecule has 2 aromatic heterocycles. The van der Waals surface area contributed by atoms with E-state index in [1.54, 1.807) is 0 Å². The summed E-state index contributed by atoms with van der Waals surface area (Å²) < 4.78 is 2.10. The number of nitrogens with zero attached hydrogens (tertiary/aromatic N) is 4. The van der Waals surface area contributed by atoms with E-state index < -0.39 is 0 Å². The van der Waals surface area contributed by atoms with Crippen LogP contribution in [0.5, 0.6) is 0 Å². The number of pyridine rings is 1. The van der Waals surface area contributed by atoms with Crippen molar-refractivity contribution < 1.29 is 0 Å². The fourth-order valence-electron chi connectivity index (χ4n) is 1.80. The number of likely N-dealkylation sites (N-methyl/N-ethyl adjacent to an activating group) is 1. The number of fused-ring (bicyclic) bond motifs is 1. The lowest BCUT2D eigenvalue weighted by molar-refractivity contribution is 0.384. The van der Waals surface area contributed by atoms with Gasteiger partial charge in [-0.15, -0.1) is 11.6 Å². The summed E-state index contributed by atoms with van der Waals surface area (Å²) >= 11 is 5.93. The highest BCUT2D eigenvalue weighted by molar-refractivity contribution is 6.16. The lowest BCUT2D eigenvalue weighted by Gasteiger charge is -2.11. The lowest BCUT2D eigenvalue weighted by Crippen LogP contribution is -2.19. The summed E-state index contributed by atoms with van der Waals surface area (Å²) in [7, 11) is 4.11. The molecule has 0 saturated heterocycles. The maximum absolute atomic E-state index is 5.93. The summed E-state index contributed by atoms with van der Waals surface area (Å²) in [6.07, 6.45) is 1.87. The molecule has 0 aliphatic carbocycles. The average Bonchev–Trinajstić information content (AvgIpc) is 2.63. The fraction of sp³-hybridized carbons (Fsp3) is 0.500. The molecule has 0 N–H and O–H groups in total. The molecule has 0 aliphatic heterocycles. The molecule has 92 valence electrons. The van der Waals surface area contributed by atoms with E-state index in [0.29, 0.717) is 5.88 Å². The summed E-state index contributed by atoms with van der Waals surface area (Å²) in [5.41, 5.74) is 2.98. The van der Waals surface area contributed by atoms with Gasteiger partial charge in [0.2, 0.25) is 0 Å². The molecular weight excluding hydrogens is 236 g/mol. The van der Waals surface area contributed by atoms with E-state index in [-0.39, 0.29) is 0 Å². The van der Waals surface area contributed by atoms with E-state index in [1.165, 1.54) is 0 Å². The second kappa shape index (κ2) is 5.02. The third kappa shape index (κ3) is 2.58. The second-order valence-electron chi connectivity index (χ2n) is 4.47. The molecular formula is C12H17ClN4. The van der Waals surface area contributed by atoms with Crippen LogP contribution >= 0.6 is 11.6 Å². The first-order chi connectivity index (χ1) is 8.11. The summed E-state index contributed by atoms with van der Waals surface area (Å²) in [6.45, 7) is 3.83. The Morgan fingerprint density at radius 1 is 1.41 bits per heavy atom. The summed E-state index contributed by atoms with van der Waals surface area (Å²) in [4.78, 5) is 11.1. The Balaban J connectivity index is 2.43. The van der Waals surface area contributed by atoms with Crippen molar-refractivity contribution in [2.75, 3.05) is 20.6 Å². The quantitative estimate of drug-likeness (QED) is 0.781. The standard InChI is InChI=1S/C12H17ClN4/c1-9-6-10-12(14-8-9)17(5-4-16(2)3)11(7-13)15-10/h6,8H,4-5,7H2,1-3H3. The Kier molecular flexibility index (Phi) is 3.64. The fourth-order valence-corrected chi connectivity index (χ4v) is 2.00. The highest BCUT2D eigenvalue weighted by Crippen LogP contribution is 2.16. The number of alkyl halides is 1. The third-order valence-electron chi connectivity index (χ3n) is 2.69. The summed E-state index contributed by atoms with van der Waals surface area (Å²) in [5, 5.41) is 0. The Hall–Kier alpha value is -1.13. The largest absolute Gasteiger partial charge is 0.310 e. The first-order valence-corrected chi connectivity index (χ1v) is 6.17. The van der Waals surface area contributed by atoms with Gasteiger partial charge in [-0.3, -0.25) is 0 Å². The third-order valence-corrected chi connectivity index (χ3v) is 2.93. The van der Waals surface area contributed by atoms with Crippen LogP contribution in [0.3, 0.4) is 0 Å². The Bertz CT molecular complexity index is 518. The minimum Gasteiger partial charge on any atom is -0.310 e. The maximum atomic E-state index is 5.93. The predicted octanol–water partition coefficient (Wildman–Crippen LogP) is 2.04. The van der Waals surface area contributed by atoms with Crippen LogP contribution in [-0.4, -0.2) is 40.1 Å². The molecule has 0 bridgehead atoms. The molecule has 2 aromatic rings. The zero-order chi connectivity index (χ0) is 12.4. The van der Waals surface area contributed by atoms with Crippen molar-refractivity contribution in [3.05, 3.63) is 23.7 Å². The number of rotatable bonds is 4. The van der Waals surface area contributed by atoms with Gasteiger partial charge < -0.3 is 9.47 Å². The molecule has 2 heterocycles. The second-order valence-corrected chi connectivity index (χ2v) is 4.74. The number of imidazole rings is 1. The highest BCUT2D eigenvalue weighted by Gasteiger charge is 2.11. The average molecular weight is 253 g/mol. The van der Waals surface area contributed by atoms with E-state index in [9.17, 15) is 0 Å². The molecule has 17 heavy (non-hydrogen) atoms. The number of hydrogen-bond acceptors (Lipinski definition) is 3. The molecule has 0 spiro atoms. The van der Waals surface area contributed by atoms with Crippen molar-refractivity contribution in [2.24, 2.45) is 0 Å². The van der Waals surface area contributed by atoms with Gasteiger partial charge in [0, 0.05) is 19.3 Å².